The van der Waals surface area contributed by atoms with E-state index in [-0.39, 0.29) is 17.6 Å². The van der Waals surface area contributed by atoms with E-state index in [1.807, 2.05) is 36.4 Å². The molecule has 1 aliphatic rings. The maximum atomic E-state index is 13.1. The van der Waals surface area contributed by atoms with Crippen LogP contribution in [-0.2, 0) is 11.3 Å². The lowest BCUT2D eigenvalue weighted by Crippen LogP contribution is -2.40. The zero-order chi connectivity index (χ0) is 21.6. The first-order valence-corrected chi connectivity index (χ1v) is 10.9. The molecular formula is C26H25ClN2O2. The van der Waals surface area contributed by atoms with Gasteiger partial charge in [0.25, 0.3) is 0 Å². The molecule has 0 unspecified atom stereocenters. The van der Waals surface area contributed by atoms with Crippen LogP contribution < -0.4 is 5.32 Å². The topological polar surface area (TPSA) is 49.4 Å². The van der Waals surface area contributed by atoms with E-state index in [2.05, 4.69) is 22.3 Å². The normalized spacial score (nSPS) is 16.6. The van der Waals surface area contributed by atoms with Crippen molar-refractivity contribution in [2.75, 3.05) is 18.4 Å². The van der Waals surface area contributed by atoms with Gasteiger partial charge < -0.3 is 5.32 Å². The molecule has 4 nitrogen and oxygen atoms in total. The summed E-state index contributed by atoms with van der Waals surface area (Å²) in [5.74, 6) is -0.331. The summed E-state index contributed by atoms with van der Waals surface area (Å²) >= 11 is 6.16. The molecule has 0 saturated carbocycles. The van der Waals surface area contributed by atoms with Gasteiger partial charge in [0.05, 0.1) is 11.6 Å². The highest BCUT2D eigenvalue weighted by molar-refractivity contribution is 6.31. The third-order valence-electron chi connectivity index (χ3n) is 5.65. The lowest BCUT2D eigenvalue weighted by atomic mass is 9.96. The molecule has 1 N–H and O–H groups in total. The molecule has 158 valence electrons. The van der Waals surface area contributed by atoms with Gasteiger partial charge >= 0.3 is 0 Å². The largest absolute Gasteiger partial charge is 0.325 e. The fourth-order valence-electron chi connectivity index (χ4n) is 4.05. The van der Waals surface area contributed by atoms with E-state index >= 15 is 0 Å². The van der Waals surface area contributed by atoms with E-state index in [0.717, 1.165) is 25.9 Å². The number of likely N-dealkylation sites (tertiary alicyclic amines) is 1. The third kappa shape index (κ3) is 5.40. The molecule has 5 heteroatoms. The van der Waals surface area contributed by atoms with Gasteiger partial charge in [-0.05, 0) is 43.1 Å². The molecule has 4 rings (SSSR count). The average Bonchev–Trinajstić information content (AvgIpc) is 2.81. The van der Waals surface area contributed by atoms with Crippen molar-refractivity contribution in [3.05, 3.63) is 101 Å². The molecule has 1 amide bonds. The predicted molar refractivity (Wildman–Crippen MR) is 124 cm³/mol. The third-order valence-corrected chi connectivity index (χ3v) is 5.88. The van der Waals surface area contributed by atoms with Crippen molar-refractivity contribution < 1.29 is 9.59 Å². The van der Waals surface area contributed by atoms with Gasteiger partial charge in [-0.1, -0.05) is 72.3 Å². The molecule has 0 radical (unpaired) electrons. The molecule has 0 aromatic heterocycles. The van der Waals surface area contributed by atoms with Crippen LogP contribution in [0.5, 0.6) is 0 Å². The SMILES string of the molecule is O=C(c1ccccc1)c1cc(Cl)ccc1NC(=O)[C@H]1CCCN(Cc2ccccc2)C1. The van der Waals surface area contributed by atoms with Crippen molar-refractivity contribution in [1.82, 2.24) is 4.90 Å². The average molecular weight is 433 g/mol. The molecule has 0 aliphatic carbocycles. The highest BCUT2D eigenvalue weighted by Crippen LogP contribution is 2.26. The Balaban J connectivity index is 1.47. The second-order valence-electron chi connectivity index (χ2n) is 7.93. The second kappa shape index (κ2) is 9.90. The molecule has 0 spiro atoms. The molecule has 1 fully saturated rings. The zero-order valence-electron chi connectivity index (χ0n) is 17.3. The summed E-state index contributed by atoms with van der Waals surface area (Å²) in [7, 11) is 0. The minimum atomic E-state index is -0.159. The predicted octanol–water partition coefficient (Wildman–Crippen LogP) is 5.42. The number of nitrogens with zero attached hydrogens (tertiary/aromatic N) is 1. The quantitative estimate of drug-likeness (QED) is 0.529. The first-order valence-electron chi connectivity index (χ1n) is 10.6. The zero-order valence-corrected chi connectivity index (χ0v) is 18.0. The van der Waals surface area contributed by atoms with Crippen LogP contribution in [0.1, 0.15) is 34.3 Å². The number of carbonyl (C=O) groups is 2. The standard InChI is InChI=1S/C26H25ClN2O2/c27-22-13-14-24(23(16-22)25(30)20-10-5-2-6-11-20)28-26(31)21-12-7-15-29(18-21)17-19-8-3-1-4-9-19/h1-6,8-11,13-14,16,21H,7,12,15,17-18H2,(H,28,31)/t21-/m0/s1. The summed E-state index contributed by atoms with van der Waals surface area (Å²) in [5, 5.41) is 3.46. The lowest BCUT2D eigenvalue weighted by molar-refractivity contribution is -0.121. The van der Waals surface area contributed by atoms with Gasteiger partial charge in [0.2, 0.25) is 5.91 Å². The smallest absolute Gasteiger partial charge is 0.228 e. The maximum Gasteiger partial charge on any atom is 0.228 e. The summed E-state index contributed by atoms with van der Waals surface area (Å²) < 4.78 is 0. The Bertz CT molecular complexity index is 1050. The Kier molecular flexibility index (Phi) is 6.80. The Morgan fingerprint density at radius 2 is 1.68 bits per heavy atom. The number of ketones is 1. The molecule has 1 atom stereocenters. The van der Waals surface area contributed by atoms with Gasteiger partial charge in [0.1, 0.15) is 0 Å². The summed E-state index contributed by atoms with van der Waals surface area (Å²) in [6.45, 7) is 2.52. The van der Waals surface area contributed by atoms with Crippen molar-refractivity contribution in [2.45, 2.75) is 19.4 Å². The van der Waals surface area contributed by atoms with Crippen LogP contribution in [0.3, 0.4) is 0 Å². The van der Waals surface area contributed by atoms with Gasteiger partial charge in [-0.15, -0.1) is 0 Å². The Labute approximate surface area is 187 Å². The highest BCUT2D eigenvalue weighted by Gasteiger charge is 2.27. The van der Waals surface area contributed by atoms with Crippen LogP contribution in [0, 0.1) is 5.92 Å². The van der Waals surface area contributed by atoms with E-state index in [4.69, 9.17) is 11.6 Å². The number of hydrogen-bond acceptors (Lipinski definition) is 3. The maximum absolute atomic E-state index is 13.1. The van der Waals surface area contributed by atoms with Gasteiger partial charge in [0, 0.05) is 29.2 Å². The number of carbonyl (C=O) groups excluding carboxylic acids is 2. The molecule has 0 bridgehead atoms. The van der Waals surface area contributed by atoms with Crippen molar-refractivity contribution in [3.8, 4) is 0 Å². The number of nitrogens with one attached hydrogen (secondary N) is 1. The summed E-state index contributed by atoms with van der Waals surface area (Å²) in [6, 6.07) is 24.4. The van der Waals surface area contributed by atoms with E-state index in [1.54, 1.807) is 30.3 Å². The molecule has 1 heterocycles. The number of halogens is 1. The first-order chi connectivity index (χ1) is 15.1. The number of rotatable bonds is 6. The molecule has 3 aromatic carbocycles. The summed E-state index contributed by atoms with van der Waals surface area (Å²) in [6.07, 6.45) is 1.81. The van der Waals surface area contributed by atoms with Crippen LogP contribution in [0.15, 0.2) is 78.9 Å². The van der Waals surface area contributed by atoms with E-state index in [0.29, 0.717) is 28.4 Å². The molecular weight excluding hydrogens is 408 g/mol. The molecule has 31 heavy (non-hydrogen) atoms. The van der Waals surface area contributed by atoms with Crippen molar-refractivity contribution in [2.24, 2.45) is 5.92 Å². The fourth-order valence-corrected chi connectivity index (χ4v) is 4.22. The fraction of sp³-hybridized carbons (Fsp3) is 0.231. The van der Waals surface area contributed by atoms with Gasteiger partial charge in [-0.3, -0.25) is 14.5 Å². The number of anilines is 1. The first kappa shape index (κ1) is 21.3. The minimum absolute atomic E-state index is 0.0535. The Morgan fingerprint density at radius 3 is 2.42 bits per heavy atom. The number of amides is 1. The van der Waals surface area contributed by atoms with E-state index < -0.39 is 0 Å². The Morgan fingerprint density at radius 1 is 0.968 bits per heavy atom. The van der Waals surface area contributed by atoms with Crippen LogP contribution >= 0.6 is 11.6 Å². The Hall–Kier alpha value is -2.95. The second-order valence-corrected chi connectivity index (χ2v) is 8.37. The molecule has 1 aliphatic heterocycles. The van der Waals surface area contributed by atoms with Gasteiger partial charge in [-0.25, -0.2) is 0 Å². The van der Waals surface area contributed by atoms with Crippen LogP contribution in [0.2, 0.25) is 5.02 Å². The van der Waals surface area contributed by atoms with Crippen LogP contribution in [0.4, 0.5) is 5.69 Å². The monoisotopic (exact) mass is 432 g/mol. The lowest BCUT2D eigenvalue weighted by Gasteiger charge is -2.32. The van der Waals surface area contributed by atoms with E-state index in [9.17, 15) is 9.59 Å². The van der Waals surface area contributed by atoms with Crippen LogP contribution in [-0.4, -0.2) is 29.7 Å². The minimum Gasteiger partial charge on any atom is -0.325 e. The molecule has 3 aromatic rings. The molecule has 1 saturated heterocycles. The highest BCUT2D eigenvalue weighted by atomic mass is 35.5. The van der Waals surface area contributed by atoms with Crippen molar-refractivity contribution >= 4 is 29.0 Å². The van der Waals surface area contributed by atoms with E-state index in [1.165, 1.54) is 5.56 Å². The summed E-state index contributed by atoms with van der Waals surface area (Å²) in [4.78, 5) is 28.4. The number of hydrogen-bond donors (Lipinski definition) is 1. The summed E-state index contributed by atoms with van der Waals surface area (Å²) in [5.41, 5.74) is 2.72. The number of benzene rings is 3. The van der Waals surface area contributed by atoms with Gasteiger partial charge in [0.15, 0.2) is 5.78 Å². The van der Waals surface area contributed by atoms with Crippen molar-refractivity contribution in [1.29, 1.82) is 0 Å². The van der Waals surface area contributed by atoms with Crippen molar-refractivity contribution in [3.63, 3.8) is 0 Å². The van der Waals surface area contributed by atoms with Crippen LogP contribution in [0.25, 0.3) is 0 Å². The van der Waals surface area contributed by atoms with Gasteiger partial charge in [-0.2, -0.15) is 0 Å². The number of piperidine rings is 1.